The van der Waals surface area contributed by atoms with Gasteiger partial charge < -0.3 is 14.5 Å². The number of carbonyl (C=O) groups excluding carboxylic acids is 1. The van der Waals surface area contributed by atoms with Crippen molar-refractivity contribution >= 4 is 11.6 Å². The van der Waals surface area contributed by atoms with Gasteiger partial charge in [0.1, 0.15) is 12.3 Å². The maximum atomic E-state index is 12.1. The van der Waals surface area contributed by atoms with Gasteiger partial charge in [0, 0.05) is 44.4 Å². The molecule has 1 amide bonds. The van der Waals surface area contributed by atoms with Crippen LogP contribution in [0.3, 0.4) is 0 Å². The van der Waals surface area contributed by atoms with Gasteiger partial charge in [0.25, 0.3) is 5.56 Å². The van der Waals surface area contributed by atoms with Crippen molar-refractivity contribution in [1.82, 2.24) is 15.1 Å². The average Bonchev–Trinajstić information content (AvgIpc) is 2.67. The molecule has 1 N–H and O–H groups in total. The van der Waals surface area contributed by atoms with Gasteiger partial charge in [0.15, 0.2) is 0 Å². The van der Waals surface area contributed by atoms with Crippen LogP contribution >= 0.6 is 0 Å². The Morgan fingerprint density at radius 1 is 1.20 bits per heavy atom. The molecule has 0 bridgehead atoms. The summed E-state index contributed by atoms with van der Waals surface area (Å²) in [6.45, 7) is 5.05. The molecule has 1 aromatic heterocycles. The normalized spacial score (nSPS) is 14.6. The molecular weight excluding hydrogens is 320 g/mol. The lowest BCUT2D eigenvalue weighted by molar-refractivity contribution is -0.136. The standard InChI is InChI=1S/C18H22N4O3/c1-2-25-13-17(24)22-10-8-21(9-11-22)15-12-16(23)19-20-18(15)14-6-4-3-5-7-14/h3-7,12H,2,8-11,13H2,1H3,(H,19,23). The number of amides is 1. The molecule has 0 saturated carbocycles. The molecule has 1 aliphatic rings. The third-order valence-electron chi connectivity index (χ3n) is 4.24. The van der Waals surface area contributed by atoms with E-state index < -0.39 is 0 Å². The van der Waals surface area contributed by atoms with E-state index in [2.05, 4.69) is 15.1 Å². The Morgan fingerprint density at radius 2 is 1.92 bits per heavy atom. The minimum atomic E-state index is -0.232. The molecule has 2 aromatic rings. The van der Waals surface area contributed by atoms with Crippen molar-refractivity contribution in [1.29, 1.82) is 0 Å². The highest BCUT2D eigenvalue weighted by Crippen LogP contribution is 2.27. The lowest BCUT2D eigenvalue weighted by atomic mass is 10.1. The molecular formula is C18H22N4O3. The molecule has 1 fully saturated rings. The van der Waals surface area contributed by atoms with Crippen molar-refractivity contribution in [2.75, 3.05) is 44.3 Å². The summed E-state index contributed by atoms with van der Waals surface area (Å²) in [5.74, 6) is 0.00816. The number of nitrogens with zero attached hydrogens (tertiary/aromatic N) is 3. The second-order valence-electron chi connectivity index (χ2n) is 5.84. The van der Waals surface area contributed by atoms with Gasteiger partial charge in [-0.3, -0.25) is 9.59 Å². The number of hydrogen-bond acceptors (Lipinski definition) is 5. The number of anilines is 1. The summed E-state index contributed by atoms with van der Waals surface area (Å²) < 4.78 is 5.19. The van der Waals surface area contributed by atoms with Gasteiger partial charge in [-0.1, -0.05) is 30.3 Å². The van der Waals surface area contributed by atoms with Crippen molar-refractivity contribution < 1.29 is 9.53 Å². The van der Waals surface area contributed by atoms with E-state index in [1.54, 1.807) is 11.0 Å². The monoisotopic (exact) mass is 342 g/mol. The summed E-state index contributed by atoms with van der Waals surface area (Å²) in [6, 6.07) is 11.3. The van der Waals surface area contributed by atoms with Crippen LogP contribution in [0, 0.1) is 0 Å². The highest BCUT2D eigenvalue weighted by molar-refractivity contribution is 5.78. The first-order valence-electron chi connectivity index (χ1n) is 8.44. The van der Waals surface area contributed by atoms with Crippen molar-refractivity contribution in [3.63, 3.8) is 0 Å². The van der Waals surface area contributed by atoms with E-state index in [4.69, 9.17) is 4.74 Å². The molecule has 0 unspecified atom stereocenters. The predicted octanol–water partition coefficient (Wildman–Crippen LogP) is 1.12. The van der Waals surface area contributed by atoms with Crippen molar-refractivity contribution in [3.05, 3.63) is 46.8 Å². The van der Waals surface area contributed by atoms with Gasteiger partial charge in [-0.25, -0.2) is 5.10 Å². The summed E-state index contributed by atoms with van der Waals surface area (Å²) in [5, 5.41) is 6.75. The maximum Gasteiger partial charge on any atom is 0.266 e. The highest BCUT2D eigenvalue weighted by atomic mass is 16.5. The number of aromatic amines is 1. The van der Waals surface area contributed by atoms with Gasteiger partial charge in [-0.15, -0.1) is 0 Å². The quantitative estimate of drug-likeness (QED) is 0.881. The van der Waals surface area contributed by atoms with Crippen LogP contribution in [0.25, 0.3) is 11.3 Å². The summed E-state index contributed by atoms with van der Waals surface area (Å²) in [4.78, 5) is 27.7. The SMILES string of the molecule is CCOCC(=O)N1CCN(c2cc(=O)[nH]nc2-c2ccccc2)CC1. The van der Waals surface area contributed by atoms with Crippen LogP contribution in [-0.2, 0) is 9.53 Å². The lowest BCUT2D eigenvalue weighted by Crippen LogP contribution is -2.50. The molecule has 25 heavy (non-hydrogen) atoms. The summed E-state index contributed by atoms with van der Waals surface area (Å²) in [5.41, 5.74) is 2.26. The molecule has 7 nitrogen and oxygen atoms in total. The number of rotatable bonds is 5. The Kier molecular flexibility index (Phi) is 5.45. The van der Waals surface area contributed by atoms with Crippen LogP contribution < -0.4 is 10.5 Å². The predicted molar refractivity (Wildman–Crippen MR) is 95.6 cm³/mol. The minimum absolute atomic E-state index is 0.00816. The number of aromatic nitrogens is 2. The zero-order valence-electron chi connectivity index (χ0n) is 14.3. The van der Waals surface area contributed by atoms with Crippen LogP contribution in [0.2, 0.25) is 0 Å². The Labute approximate surface area is 146 Å². The Hall–Kier alpha value is -2.67. The van der Waals surface area contributed by atoms with Gasteiger partial charge in [-0.2, -0.15) is 5.10 Å². The second-order valence-corrected chi connectivity index (χ2v) is 5.84. The first kappa shape index (κ1) is 17.2. The fourth-order valence-electron chi connectivity index (χ4n) is 2.92. The number of nitrogens with one attached hydrogen (secondary N) is 1. The molecule has 0 spiro atoms. The number of benzene rings is 1. The minimum Gasteiger partial charge on any atom is -0.372 e. The molecule has 0 radical (unpaired) electrons. The number of carbonyl (C=O) groups is 1. The van der Waals surface area contributed by atoms with Crippen molar-refractivity contribution in [2.24, 2.45) is 0 Å². The smallest absolute Gasteiger partial charge is 0.266 e. The maximum absolute atomic E-state index is 12.1. The number of ether oxygens (including phenoxy) is 1. The third-order valence-corrected chi connectivity index (χ3v) is 4.24. The summed E-state index contributed by atoms with van der Waals surface area (Å²) >= 11 is 0. The van der Waals surface area contributed by atoms with E-state index >= 15 is 0 Å². The van der Waals surface area contributed by atoms with Gasteiger partial charge >= 0.3 is 0 Å². The summed E-state index contributed by atoms with van der Waals surface area (Å²) in [6.07, 6.45) is 0. The molecule has 1 aliphatic heterocycles. The zero-order valence-corrected chi connectivity index (χ0v) is 14.3. The third kappa shape index (κ3) is 4.06. The lowest BCUT2D eigenvalue weighted by Gasteiger charge is -2.36. The Morgan fingerprint density at radius 3 is 2.60 bits per heavy atom. The van der Waals surface area contributed by atoms with E-state index in [9.17, 15) is 9.59 Å². The van der Waals surface area contributed by atoms with Crippen LogP contribution in [0.5, 0.6) is 0 Å². The van der Waals surface area contributed by atoms with Crippen LogP contribution in [0.15, 0.2) is 41.2 Å². The van der Waals surface area contributed by atoms with Crippen LogP contribution in [0.4, 0.5) is 5.69 Å². The fourth-order valence-corrected chi connectivity index (χ4v) is 2.92. The number of piperazine rings is 1. The molecule has 7 heteroatoms. The van der Waals surface area contributed by atoms with E-state index in [-0.39, 0.29) is 18.1 Å². The molecule has 3 rings (SSSR count). The largest absolute Gasteiger partial charge is 0.372 e. The van der Waals surface area contributed by atoms with E-state index in [0.717, 1.165) is 16.9 Å². The van der Waals surface area contributed by atoms with E-state index in [1.165, 1.54) is 0 Å². The summed E-state index contributed by atoms with van der Waals surface area (Å²) in [7, 11) is 0. The average molecular weight is 342 g/mol. The fraction of sp³-hybridized carbons (Fsp3) is 0.389. The molecule has 1 saturated heterocycles. The van der Waals surface area contributed by atoms with Crippen LogP contribution in [0.1, 0.15) is 6.92 Å². The van der Waals surface area contributed by atoms with Crippen molar-refractivity contribution in [3.8, 4) is 11.3 Å². The van der Waals surface area contributed by atoms with E-state index in [0.29, 0.717) is 32.8 Å². The molecule has 1 aromatic carbocycles. The molecule has 132 valence electrons. The molecule has 0 atom stereocenters. The highest BCUT2D eigenvalue weighted by Gasteiger charge is 2.23. The van der Waals surface area contributed by atoms with Gasteiger partial charge in [0.2, 0.25) is 5.91 Å². The topological polar surface area (TPSA) is 78.5 Å². The van der Waals surface area contributed by atoms with Crippen molar-refractivity contribution in [2.45, 2.75) is 6.92 Å². The first-order chi connectivity index (χ1) is 12.2. The van der Waals surface area contributed by atoms with Gasteiger partial charge in [-0.05, 0) is 6.92 Å². The Bertz CT molecular complexity index is 767. The zero-order chi connectivity index (χ0) is 17.6. The second kappa shape index (κ2) is 7.94. The number of H-pyrrole nitrogens is 1. The van der Waals surface area contributed by atoms with Gasteiger partial charge in [0.05, 0.1) is 5.69 Å². The molecule has 2 heterocycles. The Balaban J connectivity index is 1.76. The number of hydrogen-bond donors (Lipinski definition) is 1. The first-order valence-corrected chi connectivity index (χ1v) is 8.44. The van der Waals surface area contributed by atoms with Crippen LogP contribution in [-0.4, -0.2) is 60.4 Å². The molecule has 0 aliphatic carbocycles. The van der Waals surface area contributed by atoms with E-state index in [1.807, 2.05) is 37.3 Å².